The van der Waals surface area contributed by atoms with Gasteiger partial charge in [-0.1, -0.05) is 5.16 Å². The molecule has 3 rings (SSSR count). The first-order chi connectivity index (χ1) is 10.1. The van der Waals surface area contributed by atoms with E-state index in [-0.39, 0.29) is 11.7 Å². The summed E-state index contributed by atoms with van der Waals surface area (Å²) in [4.78, 5) is 19.7. The molecule has 1 aromatic heterocycles. The quantitative estimate of drug-likeness (QED) is 0.772. The molecule has 0 bridgehead atoms. The van der Waals surface area contributed by atoms with Gasteiger partial charge in [-0.3, -0.25) is 4.90 Å². The monoisotopic (exact) mass is 296 g/mol. The molecule has 0 radical (unpaired) electrons. The van der Waals surface area contributed by atoms with Gasteiger partial charge in [0.2, 0.25) is 5.89 Å². The molecule has 0 aliphatic carbocycles. The van der Waals surface area contributed by atoms with Crippen molar-refractivity contribution in [2.75, 3.05) is 40.4 Å². The third-order valence-electron chi connectivity index (χ3n) is 3.94. The van der Waals surface area contributed by atoms with Crippen LogP contribution in [-0.2, 0) is 22.4 Å². The van der Waals surface area contributed by atoms with Crippen LogP contribution in [0.5, 0.6) is 0 Å². The summed E-state index contributed by atoms with van der Waals surface area (Å²) >= 11 is 0. The van der Waals surface area contributed by atoms with Crippen LogP contribution in [-0.4, -0.2) is 72.0 Å². The SMILES string of the molecule is COCCc1noc(CN2CCC3(C2)CN(C)C(=O)O3)n1. The van der Waals surface area contributed by atoms with E-state index in [1.165, 1.54) is 0 Å². The molecule has 1 amide bonds. The van der Waals surface area contributed by atoms with Crippen molar-refractivity contribution in [3.05, 3.63) is 11.7 Å². The van der Waals surface area contributed by atoms with Crippen LogP contribution >= 0.6 is 0 Å². The Kier molecular flexibility index (Phi) is 3.81. The zero-order chi connectivity index (χ0) is 14.9. The number of methoxy groups -OCH3 is 1. The summed E-state index contributed by atoms with van der Waals surface area (Å²) in [6, 6.07) is 0. The van der Waals surface area contributed by atoms with Crippen LogP contribution in [0, 0.1) is 0 Å². The van der Waals surface area contributed by atoms with Gasteiger partial charge in [-0.05, 0) is 0 Å². The van der Waals surface area contributed by atoms with E-state index in [1.54, 1.807) is 19.1 Å². The van der Waals surface area contributed by atoms with Crippen molar-refractivity contribution in [3.8, 4) is 0 Å². The number of carbonyl (C=O) groups excluding carboxylic acids is 1. The molecule has 2 saturated heterocycles. The minimum absolute atomic E-state index is 0.239. The van der Waals surface area contributed by atoms with Gasteiger partial charge in [0, 0.05) is 40.1 Å². The van der Waals surface area contributed by atoms with Gasteiger partial charge in [-0.15, -0.1) is 0 Å². The number of rotatable bonds is 5. The Morgan fingerprint density at radius 3 is 3.00 bits per heavy atom. The number of likely N-dealkylation sites (N-methyl/N-ethyl adjacent to an activating group) is 1. The van der Waals surface area contributed by atoms with E-state index in [2.05, 4.69) is 15.0 Å². The predicted octanol–water partition coefficient (Wildman–Crippen LogP) is 0.285. The number of hydrogen-bond acceptors (Lipinski definition) is 7. The Labute approximate surface area is 123 Å². The van der Waals surface area contributed by atoms with Gasteiger partial charge in [0.25, 0.3) is 0 Å². The van der Waals surface area contributed by atoms with Crippen molar-refractivity contribution in [3.63, 3.8) is 0 Å². The fourth-order valence-electron chi connectivity index (χ4n) is 2.91. The summed E-state index contributed by atoms with van der Waals surface area (Å²) in [6.07, 6.45) is 1.25. The molecule has 8 heteroatoms. The molecule has 3 heterocycles. The second kappa shape index (κ2) is 5.61. The third-order valence-corrected chi connectivity index (χ3v) is 3.94. The van der Waals surface area contributed by atoms with Crippen LogP contribution in [0.3, 0.4) is 0 Å². The Hall–Kier alpha value is -1.67. The summed E-state index contributed by atoms with van der Waals surface area (Å²) < 4.78 is 15.7. The molecule has 0 saturated carbocycles. The summed E-state index contributed by atoms with van der Waals surface area (Å²) in [5, 5.41) is 3.92. The van der Waals surface area contributed by atoms with Crippen LogP contribution < -0.4 is 0 Å². The summed E-state index contributed by atoms with van der Waals surface area (Å²) in [7, 11) is 3.41. The van der Waals surface area contributed by atoms with E-state index >= 15 is 0 Å². The van der Waals surface area contributed by atoms with Crippen LogP contribution in [0.2, 0.25) is 0 Å². The number of carbonyl (C=O) groups is 1. The highest BCUT2D eigenvalue weighted by atomic mass is 16.6. The van der Waals surface area contributed by atoms with E-state index in [9.17, 15) is 4.79 Å². The highest BCUT2D eigenvalue weighted by Crippen LogP contribution is 2.32. The van der Waals surface area contributed by atoms with Crippen molar-refractivity contribution in [1.29, 1.82) is 0 Å². The Morgan fingerprint density at radius 1 is 1.43 bits per heavy atom. The molecule has 2 aliphatic heterocycles. The maximum absolute atomic E-state index is 11.5. The van der Waals surface area contributed by atoms with Crippen molar-refractivity contribution in [2.45, 2.75) is 25.0 Å². The van der Waals surface area contributed by atoms with Gasteiger partial charge in [0.15, 0.2) is 5.82 Å². The summed E-state index contributed by atoms with van der Waals surface area (Å²) in [5.41, 5.74) is -0.370. The van der Waals surface area contributed by atoms with Crippen LogP contribution in [0.1, 0.15) is 18.1 Å². The molecule has 1 aromatic rings. The van der Waals surface area contributed by atoms with E-state index < -0.39 is 0 Å². The largest absolute Gasteiger partial charge is 0.439 e. The fourth-order valence-corrected chi connectivity index (χ4v) is 2.91. The molecule has 1 atom stereocenters. The maximum Gasteiger partial charge on any atom is 0.410 e. The van der Waals surface area contributed by atoms with E-state index in [4.69, 9.17) is 14.0 Å². The number of aromatic nitrogens is 2. The molecule has 0 aromatic carbocycles. The molecule has 8 nitrogen and oxygen atoms in total. The molecular weight excluding hydrogens is 276 g/mol. The fraction of sp³-hybridized carbons (Fsp3) is 0.769. The second-order valence-corrected chi connectivity index (χ2v) is 5.71. The van der Waals surface area contributed by atoms with Gasteiger partial charge in [0.1, 0.15) is 5.60 Å². The molecule has 21 heavy (non-hydrogen) atoms. The smallest absolute Gasteiger partial charge is 0.410 e. The highest BCUT2D eigenvalue weighted by molar-refractivity contribution is 5.70. The van der Waals surface area contributed by atoms with E-state index in [0.29, 0.717) is 44.4 Å². The zero-order valence-electron chi connectivity index (χ0n) is 12.4. The molecular formula is C13H20N4O4. The molecule has 2 aliphatic rings. The molecule has 1 unspecified atom stereocenters. The number of ether oxygens (including phenoxy) is 2. The van der Waals surface area contributed by atoms with Gasteiger partial charge < -0.3 is 18.9 Å². The maximum atomic E-state index is 11.5. The van der Waals surface area contributed by atoms with E-state index in [0.717, 1.165) is 13.0 Å². The highest BCUT2D eigenvalue weighted by Gasteiger charge is 2.48. The average molecular weight is 296 g/mol. The lowest BCUT2D eigenvalue weighted by molar-refractivity contribution is 0.0617. The summed E-state index contributed by atoms with van der Waals surface area (Å²) in [5.74, 6) is 1.25. The first-order valence-corrected chi connectivity index (χ1v) is 7.07. The number of hydrogen-bond donors (Lipinski definition) is 0. The first kappa shape index (κ1) is 14.3. The van der Waals surface area contributed by atoms with E-state index in [1.807, 2.05) is 0 Å². The third kappa shape index (κ3) is 3.01. The van der Waals surface area contributed by atoms with Crippen LogP contribution in [0.4, 0.5) is 4.79 Å². The minimum Gasteiger partial charge on any atom is -0.439 e. The predicted molar refractivity (Wildman–Crippen MR) is 71.6 cm³/mol. The standard InChI is InChI=1S/C13H20N4O4/c1-16-8-13(20-12(16)18)4-5-17(9-13)7-11-14-10(15-21-11)3-6-19-2/h3-9H2,1-2H3. The minimum atomic E-state index is -0.370. The lowest BCUT2D eigenvalue weighted by Crippen LogP contribution is -2.37. The molecule has 116 valence electrons. The average Bonchev–Trinajstić information content (AvgIpc) is 3.11. The summed E-state index contributed by atoms with van der Waals surface area (Å²) in [6.45, 7) is 3.37. The van der Waals surface area contributed by atoms with Crippen molar-refractivity contribution >= 4 is 6.09 Å². The molecule has 1 spiro atoms. The Morgan fingerprint density at radius 2 is 2.29 bits per heavy atom. The van der Waals surface area contributed by atoms with Gasteiger partial charge in [-0.2, -0.15) is 4.98 Å². The van der Waals surface area contributed by atoms with Crippen LogP contribution in [0.15, 0.2) is 4.52 Å². The van der Waals surface area contributed by atoms with Gasteiger partial charge in [-0.25, -0.2) is 4.79 Å². The lowest BCUT2D eigenvalue weighted by Gasteiger charge is -2.20. The van der Waals surface area contributed by atoms with Crippen molar-refractivity contribution in [1.82, 2.24) is 19.9 Å². The second-order valence-electron chi connectivity index (χ2n) is 5.71. The topological polar surface area (TPSA) is 80.9 Å². The van der Waals surface area contributed by atoms with Gasteiger partial charge in [0.05, 0.1) is 19.7 Å². The number of amides is 1. The Bertz CT molecular complexity index is 520. The number of nitrogens with zero attached hydrogens (tertiary/aromatic N) is 4. The lowest BCUT2D eigenvalue weighted by atomic mass is 10.0. The van der Waals surface area contributed by atoms with Crippen LogP contribution in [0.25, 0.3) is 0 Å². The number of likely N-dealkylation sites (tertiary alicyclic amines) is 1. The zero-order valence-corrected chi connectivity index (χ0v) is 12.4. The van der Waals surface area contributed by atoms with Crippen molar-refractivity contribution < 1.29 is 18.8 Å². The van der Waals surface area contributed by atoms with Crippen molar-refractivity contribution in [2.24, 2.45) is 0 Å². The Balaban J connectivity index is 1.55. The first-order valence-electron chi connectivity index (χ1n) is 7.07. The molecule has 2 fully saturated rings. The molecule has 0 N–H and O–H groups in total. The normalized spacial score (nSPS) is 26.0. The van der Waals surface area contributed by atoms with Gasteiger partial charge >= 0.3 is 6.09 Å².